The third-order valence-electron chi connectivity index (χ3n) is 4.35. The van der Waals surface area contributed by atoms with Crippen LogP contribution >= 0.6 is 0 Å². The first-order valence-corrected chi connectivity index (χ1v) is 8.18. The summed E-state index contributed by atoms with van der Waals surface area (Å²) in [5.74, 6) is -0.195. The van der Waals surface area contributed by atoms with Crippen molar-refractivity contribution in [3.05, 3.63) is 59.6 Å². The molecule has 2 aromatic carbocycles. The van der Waals surface area contributed by atoms with Crippen LogP contribution < -0.4 is 0 Å². The van der Waals surface area contributed by atoms with Crippen molar-refractivity contribution in [3.63, 3.8) is 0 Å². The second kappa shape index (κ2) is 5.74. The van der Waals surface area contributed by atoms with E-state index in [0.29, 0.717) is 22.4 Å². The van der Waals surface area contributed by atoms with Crippen molar-refractivity contribution < 1.29 is 14.3 Å². The lowest BCUT2D eigenvalue weighted by atomic mass is 10.1. The third-order valence-corrected chi connectivity index (χ3v) is 4.35. The normalized spacial score (nSPS) is 11.3. The molecule has 26 heavy (non-hydrogen) atoms. The number of fused-ring (bicyclic) bond motifs is 3. The maximum absolute atomic E-state index is 11.0. The Labute approximate surface area is 148 Å². The Morgan fingerprint density at radius 3 is 2.58 bits per heavy atom. The largest absolute Gasteiger partial charge is 0.478 e. The summed E-state index contributed by atoms with van der Waals surface area (Å²) in [6, 6.07) is 12.5. The molecule has 0 aliphatic rings. The molecule has 0 atom stereocenters. The number of carboxylic acids is 1. The van der Waals surface area contributed by atoms with Gasteiger partial charge in [0.1, 0.15) is 11.6 Å². The van der Waals surface area contributed by atoms with Crippen LogP contribution in [-0.4, -0.2) is 20.6 Å². The molecule has 0 radical (unpaired) electrons. The molecule has 6 nitrogen and oxygen atoms in total. The summed E-state index contributed by atoms with van der Waals surface area (Å²) in [5, 5.41) is 19.4. The number of carboxylic acid groups (broad SMARTS) is 1. The lowest BCUT2D eigenvalue weighted by molar-refractivity contribution is 0.0697. The molecular weight excluding hydrogens is 330 g/mol. The molecule has 0 bridgehead atoms. The number of rotatable bonds is 3. The number of aromatic nitrogens is 2. The Morgan fingerprint density at radius 1 is 1.23 bits per heavy atom. The summed E-state index contributed by atoms with van der Waals surface area (Å²) in [6.07, 6.45) is 1.73. The summed E-state index contributed by atoms with van der Waals surface area (Å²) in [4.78, 5) is 15.5. The zero-order chi connectivity index (χ0) is 18.4. The van der Waals surface area contributed by atoms with Gasteiger partial charge in [-0.1, -0.05) is 13.8 Å². The molecule has 0 saturated heterocycles. The van der Waals surface area contributed by atoms with Crippen molar-refractivity contribution in [3.8, 4) is 11.8 Å². The highest BCUT2D eigenvalue weighted by molar-refractivity contribution is 6.06. The number of hydrogen-bond acceptors (Lipinski definition) is 4. The quantitative estimate of drug-likeness (QED) is 0.591. The molecule has 4 aromatic rings. The van der Waals surface area contributed by atoms with Crippen molar-refractivity contribution in [2.45, 2.75) is 19.8 Å². The van der Waals surface area contributed by atoms with Crippen LogP contribution in [0.1, 0.15) is 41.6 Å². The van der Waals surface area contributed by atoms with Crippen molar-refractivity contribution in [1.82, 2.24) is 9.55 Å². The highest BCUT2D eigenvalue weighted by Gasteiger charge is 2.18. The van der Waals surface area contributed by atoms with Gasteiger partial charge in [-0.15, -0.1) is 0 Å². The number of carbonyl (C=O) groups is 1. The molecule has 0 spiro atoms. The first-order valence-electron chi connectivity index (χ1n) is 8.18. The average molecular weight is 345 g/mol. The van der Waals surface area contributed by atoms with E-state index in [0.717, 1.165) is 16.7 Å². The molecule has 0 unspecified atom stereocenters. The summed E-state index contributed by atoms with van der Waals surface area (Å²) in [5.41, 5.74) is 3.60. The number of hydrogen-bond donors (Lipinski definition) is 1. The predicted molar refractivity (Wildman–Crippen MR) is 96.6 cm³/mol. The van der Waals surface area contributed by atoms with Crippen LogP contribution in [0.2, 0.25) is 0 Å². The number of oxazole rings is 1. The van der Waals surface area contributed by atoms with Crippen molar-refractivity contribution in [1.29, 1.82) is 5.26 Å². The van der Waals surface area contributed by atoms with Crippen LogP contribution in [0.5, 0.6) is 0 Å². The summed E-state index contributed by atoms with van der Waals surface area (Å²) >= 11 is 0. The van der Waals surface area contributed by atoms with E-state index in [2.05, 4.69) is 11.1 Å². The predicted octanol–water partition coefficient (Wildman–Crippen LogP) is 4.46. The number of aromatic carboxylic acids is 1. The first-order chi connectivity index (χ1) is 12.5. The molecule has 2 heterocycles. The summed E-state index contributed by atoms with van der Waals surface area (Å²) in [6.45, 7) is 4.00. The van der Waals surface area contributed by atoms with E-state index in [1.54, 1.807) is 30.5 Å². The standard InChI is InChI=1S/C20H15N3O3/c1-11(2)19-22-15-7-8-16-17(18(15)26-19)13(9-21)10-23(16)14-5-3-12(4-6-14)20(24)25/h3-8,10-11H,1-2H3,(H,24,25). The van der Waals surface area contributed by atoms with E-state index < -0.39 is 5.97 Å². The van der Waals surface area contributed by atoms with Crippen molar-refractivity contribution in [2.75, 3.05) is 0 Å². The molecule has 4 rings (SSSR count). The highest BCUT2D eigenvalue weighted by atomic mass is 16.4. The van der Waals surface area contributed by atoms with E-state index in [-0.39, 0.29) is 11.5 Å². The van der Waals surface area contributed by atoms with Gasteiger partial charge >= 0.3 is 5.97 Å². The zero-order valence-corrected chi connectivity index (χ0v) is 14.2. The fourth-order valence-electron chi connectivity index (χ4n) is 3.03. The van der Waals surface area contributed by atoms with Gasteiger partial charge in [-0.25, -0.2) is 9.78 Å². The van der Waals surface area contributed by atoms with Crippen LogP contribution in [0.15, 0.2) is 47.0 Å². The smallest absolute Gasteiger partial charge is 0.335 e. The van der Waals surface area contributed by atoms with E-state index in [4.69, 9.17) is 9.52 Å². The summed E-state index contributed by atoms with van der Waals surface area (Å²) in [7, 11) is 0. The Bertz CT molecular complexity index is 1190. The van der Waals surface area contributed by atoms with E-state index >= 15 is 0 Å². The molecule has 128 valence electrons. The molecule has 6 heteroatoms. The second-order valence-electron chi connectivity index (χ2n) is 6.39. The molecule has 0 amide bonds. The highest BCUT2D eigenvalue weighted by Crippen LogP contribution is 2.33. The van der Waals surface area contributed by atoms with Crippen LogP contribution in [0.4, 0.5) is 0 Å². The van der Waals surface area contributed by atoms with Gasteiger partial charge in [-0.2, -0.15) is 5.26 Å². The minimum Gasteiger partial charge on any atom is -0.478 e. The Hall–Kier alpha value is -3.59. The molecule has 2 aromatic heterocycles. The summed E-state index contributed by atoms with van der Waals surface area (Å²) < 4.78 is 7.79. The third kappa shape index (κ3) is 2.33. The van der Waals surface area contributed by atoms with Gasteiger partial charge in [0, 0.05) is 17.8 Å². The van der Waals surface area contributed by atoms with Crippen molar-refractivity contribution in [2.24, 2.45) is 0 Å². The van der Waals surface area contributed by atoms with Crippen LogP contribution in [0, 0.1) is 11.3 Å². The molecule has 0 saturated carbocycles. The van der Waals surface area contributed by atoms with Crippen molar-refractivity contribution >= 4 is 28.0 Å². The topological polar surface area (TPSA) is 92.0 Å². The minimum atomic E-state index is -0.976. The van der Waals surface area contributed by atoms with Crippen LogP contribution in [-0.2, 0) is 0 Å². The van der Waals surface area contributed by atoms with Gasteiger partial charge in [-0.05, 0) is 36.4 Å². The molecule has 0 fully saturated rings. The molecule has 0 aliphatic carbocycles. The van der Waals surface area contributed by atoms with E-state index in [1.165, 1.54) is 0 Å². The fourth-order valence-corrected chi connectivity index (χ4v) is 3.03. The van der Waals surface area contributed by atoms with Gasteiger partial charge < -0.3 is 14.1 Å². The maximum atomic E-state index is 11.0. The lowest BCUT2D eigenvalue weighted by Gasteiger charge is -2.05. The Balaban J connectivity index is 1.98. The number of nitriles is 1. The number of nitrogens with zero attached hydrogens (tertiary/aromatic N) is 3. The van der Waals surface area contributed by atoms with Crippen LogP contribution in [0.25, 0.3) is 27.7 Å². The molecule has 1 N–H and O–H groups in total. The van der Waals surface area contributed by atoms with Crippen LogP contribution in [0.3, 0.4) is 0 Å². The fraction of sp³-hybridized carbons (Fsp3) is 0.150. The van der Waals surface area contributed by atoms with Gasteiger partial charge in [0.15, 0.2) is 11.5 Å². The monoisotopic (exact) mass is 345 g/mol. The molecule has 0 aliphatic heterocycles. The van der Waals surface area contributed by atoms with E-state index in [1.807, 2.05) is 30.5 Å². The first kappa shape index (κ1) is 15.9. The van der Waals surface area contributed by atoms with Gasteiger partial charge in [0.2, 0.25) is 0 Å². The SMILES string of the molecule is CC(C)c1nc2ccc3c(c(C#N)cn3-c3ccc(C(=O)O)cc3)c2o1. The van der Waals surface area contributed by atoms with Gasteiger partial charge in [0.05, 0.1) is 22.0 Å². The average Bonchev–Trinajstić information content (AvgIpc) is 3.22. The molecular formula is C20H15N3O3. The second-order valence-corrected chi connectivity index (χ2v) is 6.39. The maximum Gasteiger partial charge on any atom is 0.335 e. The van der Waals surface area contributed by atoms with E-state index in [9.17, 15) is 10.1 Å². The Morgan fingerprint density at radius 2 is 1.96 bits per heavy atom. The lowest BCUT2D eigenvalue weighted by Crippen LogP contribution is -1.97. The minimum absolute atomic E-state index is 0.147. The Kier molecular flexibility index (Phi) is 3.51. The van der Waals surface area contributed by atoms with Gasteiger partial charge in [-0.3, -0.25) is 0 Å². The zero-order valence-electron chi connectivity index (χ0n) is 14.2. The van der Waals surface area contributed by atoms with Gasteiger partial charge in [0.25, 0.3) is 0 Å². The number of benzene rings is 2.